The first-order valence-electron chi connectivity index (χ1n) is 7.66. The van der Waals surface area contributed by atoms with Crippen LogP contribution in [-0.2, 0) is 16.0 Å². The molecule has 1 atom stereocenters. The van der Waals surface area contributed by atoms with Crippen LogP contribution in [0.3, 0.4) is 0 Å². The second-order valence-electron chi connectivity index (χ2n) is 5.51. The zero-order chi connectivity index (χ0) is 14.5. The van der Waals surface area contributed by atoms with E-state index < -0.39 is 0 Å². The average molecular weight is 290 g/mol. The van der Waals surface area contributed by atoms with E-state index in [1.54, 1.807) is 0 Å². The van der Waals surface area contributed by atoms with Crippen molar-refractivity contribution >= 4 is 6.03 Å². The lowest BCUT2D eigenvalue weighted by Gasteiger charge is -2.37. The van der Waals surface area contributed by atoms with Gasteiger partial charge < -0.3 is 19.7 Å². The van der Waals surface area contributed by atoms with E-state index in [9.17, 15) is 4.79 Å². The number of ether oxygens (including phenoxy) is 2. The van der Waals surface area contributed by atoms with E-state index in [0.717, 1.165) is 31.4 Å². The van der Waals surface area contributed by atoms with Crippen LogP contribution in [0.15, 0.2) is 30.3 Å². The highest BCUT2D eigenvalue weighted by Crippen LogP contribution is 2.24. The van der Waals surface area contributed by atoms with E-state index in [2.05, 4.69) is 5.32 Å². The molecule has 2 aliphatic heterocycles. The van der Waals surface area contributed by atoms with Crippen molar-refractivity contribution in [2.24, 2.45) is 0 Å². The molecular formula is C16H22N2O3. The maximum atomic E-state index is 12.4. The minimum Gasteiger partial charge on any atom is -0.348 e. The van der Waals surface area contributed by atoms with E-state index >= 15 is 0 Å². The maximum Gasteiger partial charge on any atom is 0.318 e. The molecule has 0 saturated carbocycles. The lowest BCUT2D eigenvalue weighted by Crippen LogP contribution is -2.53. The highest BCUT2D eigenvalue weighted by molar-refractivity contribution is 5.74. The number of nitrogens with zero attached hydrogens (tertiary/aromatic N) is 1. The number of amides is 2. The summed E-state index contributed by atoms with van der Waals surface area (Å²) in [6.45, 7) is 2.57. The summed E-state index contributed by atoms with van der Waals surface area (Å²) in [7, 11) is 0. The first-order valence-corrected chi connectivity index (χ1v) is 7.66. The molecule has 21 heavy (non-hydrogen) atoms. The molecule has 3 rings (SSSR count). The Balaban J connectivity index is 1.58. The van der Waals surface area contributed by atoms with Crippen LogP contribution < -0.4 is 5.32 Å². The Labute approximate surface area is 125 Å². The molecule has 5 nitrogen and oxygen atoms in total. The van der Waals surface area contributed by atoms with E-state index in [-0.39, 0.29) is 18.4 Å². The zero-order valence-electron chi connectivity index (χ0n) is 12.2. The van der Waals surface area contributed by atoms with Crippen molar-refractivity contribution in [1.29, 1.82) is 0 Å². The van der Waals surface area contributed by atoms with Gasteiger partial charge in [0.2, 0.25) is 0 Å². The number of carbonyl (C=O) groups is 1. The van der Waals surface area contributed by atoms with Gasteiger partial charge in [-0.25, -0.2) is 4.79 Å². The SMILES string of the molecule is O=C(NCc1ccccc1)N1CCCC[C@@H]1C1OCCO1. The van der Waals surface area contributed by atoms with Crippen LogP contribution in [-0.4, -0.2) is 43.0 Å². The predicted octanol–water partition coefficient (Wildman–Crippen LogP) is 2.12. The van der Waals surface area contributed by atoms with Gasteiger partial charge in [0.15, 0.2) is 6.29 Å². The van der Waals surface area contributed by atoms with Crippen LogP contribution in [0, 0.1) is 0 Å². The molecule has 0 bridgehead atoms. The number of carbonyl (C=O) groups excluding carboxylic acids is 1. The van der Waals surface area contributed by atoms with Gasteiger partial charge in [-0.1, -0.05) is 30.3 Å². The molecule has 114 valence electrons. The van der Waals surface area contributed by atoms with Gasteiger partial charge in [-0.15, -0.1) is 0 Å². The molecule has 2 heterocycles. The molecule has 1 aromatic carbocycles. The van der Waals surface area contributed by atoms with Crippen LogP contribution in [0.5, 0.6) is 0 Å². The van der Waals surface area contributed by atoms with Gasteiger partial charge in [-0.3, -0.25) is 0 Å². The topological polar surface area (TPSA) is 50.8 Å². The smallest absolute Gasteiger partial charge is 0.318 e. The number of nitrogens with one attached hydrogen (secondary N) is 1. The molecule has 2 amide bonds. The average Bonchev–Trinajstić information content (AvgIpc) is 3.08. The van der Waals surface area contributed by atoms with Crippen LogP contribution in [0.2, 0.25) is 0 Å². The summed E-state index contributed by atoms with van der Waals surface area (Å²) in [5.41, 5.74) is 1.10. The Hall–Kier alpha value is -1.59. The van der Waals surface area contributed by atoms with Crippen LogP contribution in [0.25, 0.3) is 0 Å². The monoisotopic (exact) mass is 290 g/mol. The first kappa shape index (κ1) is 14.4. The summed E-state index contributed by atoms with van der Waals surface area (Å²) in [4.78, 5) is 14.3. The molecule has 0 aromatic heterocycles. The standard InChI is InChI=1S/C16H22N2O3/c19-16(17-12-13-6-2-1-3-7-13)18-9-5-4-8-14(18)15-20-10-11-21-15/h1-3,6-7,14-15H,4-5,8-12H2,(H,17,19)/t14-/m1/s1. The van der Waals surface area contributed by atoms with Crippen molar-refractivity contribution in [3.8, 4) is 0 Å². The third-order valence-corrected chi connectivity index (χ3v) is 4.06. The van der Waals surface area contributed by atoms with Crippen molar-refractivity contribution < 1.29 is 14.3 Å². The normalized spacial score (nSPS) is 23.2. The largest absolute Gasteiger partial charge is 0.348 e. The van der Waals surface area contributed by atoms with E-state index in [0.29, 0.717) is 19.8 Å². The molecule has 1 N–H and O–H groups in total. The van der Waals surface area contributed by atoms with Crippen molar-refractivity contribution in [3.63, 3.8) is 0 Å². The molecule has 1 aromatic rings. The molecule has 2 fully saturated rings. The fourth-order valence-electron chi connectivity index (χ4n) is 2.97. The summed E-state index contributed by atoms with van der Waals surface area (Å²) in [5.74, 6) is 0. The second kappa shape index (κ2) is 6.91. The molecule has 0 unspecified atom stereocenters. The van der Waals surface area contributed by atoms with Gasteiger partial charge in [0.1, 0.15) is 0 Å². The number of piperidine rings is 1. The second-order valence-corrected chi connectivity index (χ2v) is 5.51. The number of likely N-dealkylation sites (tertiary alicyclic amines) is 1. The van der Waals surface area contributed by atoms with Crippen LogP contribution in [0.4, 0.5) is 4.79 Å². The number of benzene rings is 1. The van der Waals surface area contributed by atoms with Gasteiger partial charge in [0.25, 0.3) is 0 Å². The third kappa shape index (κ3) is 3.54. The summed E-state index contributed by atoms with van der Waals surface area (Å²) in [5, 5.41) is 3.00. The van der Waals surface area contributed by atoms with Gasteiger partial charge in [-0.2, -0.15) is 0 Å². The number of urea groups is 1. The van der Waals surface area contributed by atoms with Crippen molar-refractivity contribution in [2.45, 2.75) is 38.1 Å². The molecular weight excluding hydrogens is 268 g/mol. The third-order valence-electron chi connectivity index (χ3n) is 4.06. The number of hydrogen-bond donors (Lipinski definition) is 1. The number of rotatable bonds is 3. The summed E-state index contributed by atoms with van der Waals surface area (Å²) >= 11 is 0. The highest BCUT2D eigenvalue weighted by atomic mass is 16.7. The van der Waals surface area contributed by atoms with Crippen LogP contribution in [0.1, 0.15) is 24.8 Å². The summed E-state index contributed by atoms with van der Waals surface area (Å²) < 4.78 is 11.2. The van der Waals surface area contributed by atoms with E-state index in [1.807, 2.05) is 35.2 Å². The quantitative estimate of drug-likeness (QED) is 0.927. The molecule has 0 radical (unpaired) electrons. The van der Waals surface area contributed by atoms with Crippen molar-refractivity contribution in [3.05, 3.63) is 35.9 Å². The Morgan fingerprint density at radius 2 is 1.95 bits per heavy atom. The van der Waals surface area contributed by atoms with E-state index in [4.69, 9.17) is 9.47 Å². The van der Waals surface area contributed by atoms with E-state index in [1.165, 1.54) is 0 Å². The summed E-state index contributed by atoms with van der Waals surface area (Å²) in [6.07, 6.45) is 2.86. The fraction of sp³-hybridized carbons (Fsp3) is 0.562. The molecule has 5 heteroatoms. The molecule has 0 aliphatic carbocycles. The Morgan fingerprint density at radius 1 is 1.19 bits per heavy atom. The lowest BCUT2D eigenvalue weighted by molar-refractivity contribution is -0.0983. The highest BCUT2D eigenvalue weighted by Gasteiger charge is 2.36. The Morgan fingerprint density at radius 3 is 2.71 bits per heavy atom. The Bertz CT molecular complexity index is 460. The molecule has 0 spiro atoms. The van der Waals surface area contributed by atoms with Crippen LogP contribution >= 0.6 is 0 Å². The summed E-state index contributed by atoms with van der Waals surface area (Å²) in [6, 6.07) is 9.96. The minimum atomic E-state index is -0.257. The van der Waals surface area contributed by atoms with Crippen molar-refractivity contribution in [2.75, 3.05) is 19.8 Å². The lowest BCUT2D eigenvalue weighted by atomic mass is 10.0. The number of hydrogen-bond acceptors (Lipinski definition) is 3. The molecule has 2 saturated heterocycles. The van der Waals surface area contributed by atoms with Crippen molar-refractivity contribution in [1.82, 2.24) is 10.2 Å². The minimum absolute atomic E-state index is 0.0253. The first-order chi connectivity index (χ1) is 10.3. The van der Waals surface area contributed by atoms with Gasteiger partial charge >= 0.3 is 6.03 Å². The predicted molar refractivity (Wildman–Crippen MR) is 78.7 cm³/mol. The maximum absolute atomic E-state index is 12.4. The van der Waals surface area contributed by atoms with Gasteiger partial charge in [-0.05, 0) is 24.8 Å². The van der Waals surface area contributed by atoms with Gasteiger partial charge in [0.05, 0.1) is 19.3 Å². The Kier molecular flexibility index (Phi) is 4.72. The zero-order valence-corrected chi connectivity index (χ0v) is 12.2. The molecule has 2 aliphatic rings. The van der Waals surface area contributed by atoms with Gasteiger partial charge in [0, 0.05) is 13.1 Å². The fourth-order valence-corrected chi connectivity index (χ4v) is 2.97.